The molecule has 0 heterocycles. The largest absolute Gasteiger partial charge is 0.477 e. The molecule has 0 radical (unpaired) electrons. The predicted octanol–water partition coefficient (Wildman–Crippen LogP) is 1.56. The van der Waals surface area contributed by atoms with Crippen molar-refractivity contribution in [1.82, 2.24) is 5.32 Å². The lowest BCUT2D eigenvalue weighted by Crippen LogP contribution is -2.31. The van der Waals surface area contributed by atoms with Crippen LogP contribution in [0.4, 0.5) is 5.69 Å². The van der Waals surface area contributed by atoms with Crippen molar-refractivity contribution in [2.75, 3.05) is 13.2 Å². The summed E-state index contributed by atoms with van der Waals surface area (Å²) in [6.45, 7) is 4.05. The molecular weight excluding hydrogens is 264 g/mol. The summed E-state index contributed by atoms with van der Waals surface area (Å²) in [5, 5.41) is 13.4. The second kappa shape index (κ2) is 7.22. The second-order valence-corrected chi connectivity index (χ2v) is 4.59. The molecule has 1 N–H and O–H groups in total. The van der Waals surface area contributed by atoms with Crippen LogP contribution in [0.1, 0.15) is 24.2 Å². The van der Waals surface area contributed by atoms with Crippen molar-refractivity contribution in [3.05, 3.63) is 33.9 Å². The minimum Gasteiger partial charge on any atom is -0.477 e. The molecule has 0 spiro atoms. The lowest BCUT2D eigenvalue weighted by molar-refractivity contribution is -0.385. The van der Waals surface area contributed by atoms with E-state index in [4.69, 9.17) is 4.74 Å². The third-order valence-corrected chi connectivity index (χ3v) is 2.38. The van der Waals surface area contributed by atoms with E-state index in [0.29, 0.717) is 18.7 Å². The van der Waals surface area contributed by atoms with Gasteiger partial charge in [0.2, 0.25) is 0 Å². The fourth-order valence-electron chi connectivity index (χ4n) is 1.38. The molecule has 0 saturated heterocycles. The monoisotopic (exact) mass is 280 g/mol. The summed E-state index contributed by atoms with van der Waals surface area (Å²) in [4.78, 5) is 32.3. The van der Waals surface area contributed by atoms with Gasteiger partial charge in [0.15, 0.2) is 12.4 Å². The maximum absolute atomic E-state index is 11.5. The number of aldehydes is 1. The number of amides is 1. The first kappa shape index (κ1) is 15.6. The molecule has 0 aliphatic rings. The third kappa shape index (κ3) is 4.68. The van der Waals surface area contributed by atoms with E-state index in [0.717, 1.165) is 0 Å². The number of nitro groups is 1. The van der Waals surface area contributed by atoms with Gasteiger partial charge in [0.05, 0.1) is 4.92 Å². The van der Waals surface area contributed by atoms with Crippen molar-refractivity contribution in [2.24, 2.45) is 5.92 Å². The summed E-state index contributed by atoms with van der Waals surface area (Å²) < 4.78 is 5.12. The molecule has 20 heavy (non-hydrogen) atoms. The van der Waals surface area contributed by atoms with Crippen LogP contribution < -0.4 is 10.1 Å². The molecule has 0 atom stereocenters. The first-order chi connectivity index (χ1) is 9.43. The molecular formula is C13H16N2O5. The minimum atomic E-state index is -0.629. The normalized spacial score (nSPS) is 10.2. The van der Waals surface area contributed by atoms with Gasteiger partial charge in [0, 0.05) is 18.2 Å². The average molecular weight is 280 g/mol. The number of carbonyl (C=O) groups excluding carboxylic acids is 2. The number of nitrogens with one attached hydrogen (secondary N) is 1. The molecule has 108 valence electrons. The Bertz CT molecular complexity index is 513. The maximum Gasteiger partial charge on any atom is 0.310 e. The molecule has 0 fully saturated rings. The molecule has 7 heteroatoms. The summed E-state index contributed by atoms with van der Waals surface area (Å²) in [5.74, 6) is -0.171. The Morgan fingerprint density at radius 3 is 2.75 bits per heavy atom. The van der Waals surface area contributed by atoms with E-state index in [1.54, 1.807) is 0 Å². The molecule has 0 aliphatic carbocycles. The van der Waals surface area contributed by atoms with Gasteiger partial charge in [0.1, 0.15) is 6.29 Å². The Balaban J connectivity index is 2.72. The first-order valence-electron chi connectivity index (χ1n) is 6.07. The number of hydrogen-bond acceptors (Lipinski definition) is 5. The van der Waals surface area contributed by atoms with Crippen LogP contribution in [-0.4, -0.2) is 30.3 Å². The summed E-state index contributed by atoms with van der Waals surface area (Å²) in [6, 6.07) is 3.72. The highest BCUT2D eigenvalue weighted by Crippen LogP contribution is 2.27. The maximum atomic E-state index is 11.5. The van der Waals surface area contributed by atoms with Crippen molar-refractivity contribution < 1.29 is 19.2 Å². The first-order valence-corrected chi connectivity index (χ1v) is 6.07. The zero-order valence-corrected chi connectivity index (χ0v) is 11.3. The number of hydrogen-bond donors (Lipinski definition) is 1. The van der Waals surface area contributed by atoms with Crippen LogP contribution in [0.5, 0.6) is 5.75 Å². The van der Waals surface area contributed by atoms with Gasteiger partial charge in [-0.15, -0.1) is 0 Å². The van der Waals surface area contributed by atoms with Gasteiger partial charge in [-0.3, -0.25) is 19.7 Å². The average Bonchev–Trinajstić information content (AvgIpc) is 2.42. The standard InChI is InChI=1S/C13H16N2O5/c1-9(2)6-14-13(17)8-20-12-5-10(7-16)3-4-11(12)15(18)19/h3-5,7,9H,6,8H2,1-2H3,(H,14,17). The highest BCUT2D eigenvalue weighted by atomic mass is 16.6. The number of ether oxygens (including phenoxy) is 1. The van der Waals surface area contributed by atoms with Crippen molar-refractivity contribution >= 4 is 17.9 Å². The van der Waals surface area contributed by atoms with E-state index in [-0.39, 0.29) is 29.5 Å². The zero-order valence-electron chi connectivity index (χ0n) is 11.3. The zero-order chi connectivity index (χ0) is 15.1. The Kier molecular flexibility index (Phi) is 5.64. The summed E-state index contributed by atoms with van der Waals surface area (Å²) >= 11 is 0. The van der Waals surface area contributed by atoms with Gasteiger partial charge < -0.3 is 10.1 Å². The van der Waals surface area contributed by atoms with Gasteiger partial charge in [0.25, 0.3) is 5.91 Å². The summed E-state index contributed by atoms with van der Waals surface area (Å²) in [7, 11) is 0. The van der Waals surface area contributed by atoms with Crippen molar-refractivity contribution in [2.45, 2.75) is 13.8 Å². The number of nitro benzene ring substituents is 1. The van der Waals surface area contributed by atoms with Crippen LogP contribution in [-0.2, 0) is 4.79 Å². The highest BCUT2D eigenvalue weighted by molar-refractivity contribution is 5.79. The van der Waals surface area contributed by atoms with E-state index in [1.807, 2.05) is 13.8 Å². The molecule has 7 nitrogen and oxygen atoms in total. The third-order valence-electron chi connectivity index (χ3n) is 2.38. The molecule has 0 saturated carbocycles. The summed E-state index contributed by atoms with van der Waals surface area (Å²) in [5.41, 5.74) is -0.0413. The van der Waals surface area contributed by atoms with Gasteiger partial charge in [-0.05, 0) is 18.1 Å². The van der Waals surface area contributed by atoms with E-state index < -0.39 is 4.92 Å². The van der Waals surface area contributed by atoms with Gasteiger partial charge in [-0.25, -0.2) is 0 Å². The molecule has 1 aromatic rings. The Morgan fingerprint density at radius 1 is 1.50 bits per heavy atom. The van der Waals surface area contributed by atoms with E-state index >= 15 is 0 Å². The molecule has 0 unspecified atom stereocenters. The molecule has 0 bridgehead atoms. The fourth-order valence-corrected chi connectivity index (χ4v) is 1.38. The van der Waals surface area contributed by atoms with Crippen LogP contribution >= 0.6 is 0 Å². The molecule has 0 aromatic heterocycles. The van der Waals surface area contributed by atoms with Crippen molar-refractivity contribution in [3.63, 3.8) is 0 Å². The number of benzene rings is 1. The highest BCUT2D eigenvalue weighted by Gasteiger charge is 2.16. The van der Waals surface area contributed by atoms with Crippen molar-refractivity contribution in [3.8, 4) is 5.75 Å². The molecule has 1 rings (SSSR count). The van der Waals surface area contributed by atoms with Gasteiger partial charge in [-0.2, -0.15) is 0 Å². The number of rotatable bonds is 7. The Labute approximate surface area is 116 Å². The molecule has 1 amide bonds. The second-order valence-electron chi connectivity index (χ2n) is 4.59. The number of carbonyl (C=O) groups is 2. The summed E-state index contributed by atoms with van der Waals surface area (Å²) in [6.07, 6.45) is 0.551. The number of nitrogens with zero attached hydrogens (tertiary/aromatic N) is 1. The predicted molar refractivity (Wildman–Crippen MR) is 71.8 cm³/mol. The van der Waals surface area contributed by atoms with E-state index in [9.17, 15) is 19.7 Å². The Morgan fingerprint density at radius 2 is 2.20 bits per heavy atom. The Hall–Kier alpha value is -2.44. The van der Waals surface area contributed by atoms with Crippen LogP contribution in [0.25, 0.3) is 0 Å². The van der Waals surface area contributed by atoms with Crippen LogP contribution in [0.3, 0.4) is 0 Å². The molecule has 0 aliphatic heterocycles. The van der Waals surface area contributed by atoms with Crippen LogP contribution in [0, 0.1) is 16.0 Å². The lowest BCUT2D eigenvalue weighted by atomic mass is 10.2. The van der Waals surface area contributed by atoms with Crippen molar-refractivity contribution in [1.29, 1.82) is 0 Å². The fraction of sp³-hybridized carbons (Fsp3) is 0.385. The van der Waals surface area contributed by atoms with Crippen LogP contribution in [0.2, 0.25) is 0 Å². The lowest BCUT2D eigenvalue weighted by Gasteiger charge is -2.09. The van der Waals surface area contributed by atoms with E-state index in [1.165, 1.54) is 18.2 Å². The topological polar surface area (TPSA) is 98.5 Å². The SMILES string of the molecule is CC(C)CNC(=O)COc1cc(C=O)ccc1[N+](=O)[O-]. The smallest absolute Gasteiger partial charge is 0.310 e. The minimum absolute atomic E-state index is 0.0979. The van der Waals surface area contributed by atoms with Gasteiger partial charge in [-0.1, -0.05) is 13.8 Å². The quantitative estimate of drug-likeness (QED) is 0.464. The van der Waals surface area contributed by atoms with Crippen LogP contribution in [0.15, 0.2) is 18.2 Å². The molecule has 1 aromatic carbocycles. The van der Waals surface area contributed by atoms with Gasteiger partial charge >= 0.3 is 5.69 Å². The van der Waals surface area contributed by atoms with E-state index in [2.05, 4.69) is 5.32 Å².